The molecule has 0 radical (unpaired) electrons. The highest BCUT2D eigenvalue weighted by Gasteiger charge is 2.35. The molecule has 17 heavy (non-hydrogen) atoms. The Morgan fingerprint density at radius 3 is 2.53 bits per heavy atom. The summed E-state index contributed by atoms with van der Waals surface area (Å²) in [5.41, 5.74) is 6.75. The van der Waals surface area contributed by atoms with Gasteiger partial charge >= 0.3 is 0 Å². The maximum atomic E-state index is 14.0. The highest BCUT2D eigenvalue weighted by molar-refractivity contribution is 6.02. The first-order chi connectivity index (χ1) is 7.92. The summed E-state index contributed by atoms with van der Waals surface area (Å²) in [6.07, 6.45) is 3.76. The van der Waals surface area contributed by atoms with Crippen molar-refractivity contribution in [1.82, 2.24) is 0 Å². The normalized spacial score (nSPS) is 21.5. The average Bonchev–Trinajstić information content (AvgIpc) is 2.39. The number of hydrogen-bond acceptors (Lipinski definition) is 2. The van der Waals surface area contributed by atoms with E-state index in [2.05, 4.69) is 4.99 Å². The fourth-order valence-corrected chi connectivity index (χ4v) is 1.86. The number of halogens is 2. The van der Waals surface area contributed by atoms with E-state index < -0.39 is 5.92 Å². The lowest BCUT2D eigenvalue weighted by Crippen LogP contribution is -2.25. The summed E-state index contributed by atoms with van der Waals surface area (Å²) >= 11 is 0. The summed E-state index contributed by atoms with van der Waals surface area (Å²) in [6.45, 7) is 5.40. The number of hydrogen-bond donors (Lipinski definition) is 1. The Kier molecular flexibility index (Phi) is 4.43. The van der Waals surface area contributed by atoms with Crippen LogP contribution in [0.15, 0.2) is 28.4 Å². The minimum absolute atomic E-state index is 0.0224. The van der Waals surface area contributed by atoms with Gasteiger partial charge in [0.2, 0.25) is 0 Å². The van der Waals surface area contributed by atoms with Crippen LogP contribution < -0.4 is 5.73 Å². The molecule has 1 aliphatic heterocycles. The number of aliphatic imine (C=N–C) groups is 1. The molecule has 4 heteroatoms. The zero-order valence-electron chi connectivity index (χ0n) is 10.6. The molecule has 0 amide bonds. The van der Waals surface area contributed by atoms with Crippen LogP contribution in [0.4, 0.5) is 8.78 Å². The number of rotatable bonds is 4. The molecule has 1 rings (SSSR count). The summed E-state index contributed by atoms with van der Waals surface area (Å²) in [5.74, 6) is -2.82. The third-order valence-electron chi connectivity index (χ3n) is 2.88. The predicted molar refractivity (Wildman–Crippen MR) is 67.4 cm³/mol. The van der Waals surface area contributed by atoms with Crippen LogP contribution >= 0.6 is 0 Å². The highest BCUT2D eigenvalue weighted by Crippen LogP contribution is 2.32. The number of nitrogens with two attached hydrogens (primary N) is 1. The molecule has 96 valence electrons. The third kappa shape index (κ3) is 3.14. The highest BCUT2D eigenvalue weighted by atomic mass is 19.3. The fraction of sp³-hybridized carbons (Fsp3) is 0.615. The van der Waals surface area contributed by atoms with Crippen molar-refractivity contribution < 1.29 is 8.78 Å². The van der Waals surface area contributed by atoms with Crippen LogP contribution in [-0.2, 0) is 0 Å². The van der Waals surface area contributed by atoms with Gasteiger partial charge in [-0.25, -0.2) is 8.78 Å². The van der Waals surface area contributed by atoms with E-state index in [1.807, 2.05) is 13.8 Å². The van der Waals surface area contributed by atoms with Gasteiger partial charge in [0.25, 0.3) is 5.92 Å². The van der Waals surface area contributed by atoms with Crippen LogP contribution in [0, 0.1) is 0 Å². The molecular formula is C13H20F2N2. The molecule has 0 aromatic heterocycles. The standard InChI is InChI=1S/C13H20F2N2/c1-4-8-13(14,15)10-6-7-11(16)9(3)17-12(10)5-2/h6-7,9H,4-5,8,16H2,1-3H3. The van der Waals surface area contributed by atoms with Crippen molar-refractivity contribution in [1.29, 1.82) is 0 Å². The van der Waals surface area contributed by atoms with Crippen LogP contribution in [-0.4, -0.2) is 17.7 Å². The van der Waals surface area contributed by atoms with Gasteiger partial charge in [-0.2, -0.15) is 0 Å². The second-order valence-corrected chi connectivity index (χ2v) is 4.31. The van der Waals surface area contributed by atoms with Crippen molar-refractivity contribution in [2.24, 2.45) is 10.7 Å². The van der Waals surface area contributed by atoms with Crippen molar-refractivity contribution in [3.63, 3.8) is 0 Å². The summed E-state index contributed by atoms with van der Waals surface area (Å²) in [5, 5.41) is 0. The Morgan fingerprint density at radius 2 is 2.00 bits per heavy atom. The molecule has 1 aliphatic rings. The van der Waals surface area contributed by atoms with Gasteiger partial charge in [-0.15, -0.1) is 0 Å². The largest absolute Gasteiger partial charge is 0.400 e. The molecule has 2 nitrogen and oxygen atoms in total. The summed E-state index contributed by atoms with van der Waals surface area (Å²) in [4.78, 5) is 4.28. The lowest BCUT2D eigenvalue weighted by molar-refractivity contribution is 0.0376. The van der Waals surface area contributed by atoms with E-state index in [9.17, 15) is 8.78 Å². The summed E-state index contributed by atoms with van der Waals surface area (Å²) in [7, 11) is 0. The maximum absolute atomic E-state index is 14.0. The van der Waals surface area contributed by atoms with Gasteiger partial charge in [0.15, 0.2) is 0 Å². The molecule has 0 aromatic rings. The minimum atomic E-state index is -2.82. The molecule has 0 saturated carbocycles. The molecule has 1 unspecified atom stereocenters. The van der Waals surface area contributed by atoms with Gasteiger partial charge < -0.3 is 5.73 Å². The van der Waals surface area contributed by atoms with Crippen LogP contribution in [0.25, 0.3) is 0 Å². The fourth-order valence-electron chi connectivity index (χ4n) is 1.86. The van der Waals surface area contributed by atoms with E-state index in [0.717, 1.165) is 0 Å². The molecular weight excluding hydrogens is 222 g/mol. The van der Waals surface area contributed by atoms with Gasteiger partial charge in [-0.05, 0) is 25.5 Å². The SMILES string of the molecule is CCCC(F)(F)C1=CC=C(N)C(C)N=C1CC. The van der Waals surface area contributed by atoms with Crippen LogP contribution in [0.1, 0.15) is 40.0 Å². The first-order valence-corrected chi connectivity index (χ1v) is 6.05. The molecule has 0 saturated heterocycles. The van der Waals surface area contributed by atoms with E-state index in [1.54, 1.807) is 13.0 Å². The van der Waals surface area contributed by atoms with Crippen molar-refractivity contribution in [3.8, 4) is 0 Å². The van der Waals surface area contributed by atoms with Crippen molar-refractivity contribution in [2.75, 3.05) is 0 Å². The molecule has 1 atom stereocenters. The Labute approximate surface area is 101 Å². The summed E-state index contributed by atoms with van der Waals surface area (Å²) < 4.78 is 27.9. The van der Waals surface area contributed by atoms with Gasteiger partial charge in [0.1, 0.15) is 0 Å². The third-order valence-corrected chi connectivity index (χ3v) is 2.88. The minimum Gasteiger partial charge on any atom is -0.400 e. The van der Waals surface area contributed by atoms with E-state index in [4.69, 9.17) is 5.73 Å². The Morgan fingerprint density at radius 1 is 1.35 bits per heavy atom. The van der Waals surface area contributed by atoms with E-state index >= 15 is 0 Å². The molecule has 0 bridgehead atoms. The Balaban J connectivity index is 3.15. The lowest BCUT2D eigenvalue weighted by atomic mass is 9.97. The lowest BCUT2D eigenvalue weighted by Gasteiger charge is -2.20. The van der Waals surface area contributed by atoms with Gasteiger partial charge in [-0.1, -0.05) is 20.3 Å². The zero-order valence-corrected chi connectivity index (χ0v) is 10.6. The molecule has 0 aliphatic carbocycles. The van der Waals surface area contributed by atoms with E-state index in [-0.39, 0.29) is 18.0 Å². The van der Waals surface area contributed by atoms with Crippen LogP contribution in [0.2, 0.25) is 0 Å². The molecule has 0 fully saturated rings. The topological polar surface area (TPSA) is 38.4 Å². The molecule has 2 N–H and O–H groups in total. The molecule has 0 aromatic carbocycles. The second kappa shape index (κ2) is 5.43. The summed E-state index contributed by atoms with van der Waals surface area (Å²) in [6, 6.07) is -0.226. The van der Waals surface area contributed by atoms with Crippen molar-refractivity contribution in [2.45, 2.75) is 52.0 Å². The maximum Gasteiger partial charge on any atom is 0.274 e. The Bertz CT molecular complexity index is 368. The number of allylic oxidation sites excluding steroid dienone is 3. The number of alkyl halides is 2. The van der Waals surface area contributed by atoms with Gasteiger partial charge in [-0.3, -0.25) is 4.99 Å². The Hall–Kier alpha value is -1.19. The molecule has 1 heterocycles. The quantitative estimate of drug-likeness (QED) is 0.805. The number of nitrogens with zero attached hydrogens (tertiary/aromatic N) is 1. The average molecular weight is 242 g/mol. The van der Waals surface area contributed by atoms with Crippen molar-refractivity contribution in [3.05, 3.63) is 23.4 Å². The zero-order chi connectivity index (χ0) is 13.1. The van der Waals surface area contributed by atoms with Crippen LogP contribution in [0.3, 0.4) is 0 Å². The smallest absolute Gasteiger partial charge is 0.274 e. The molecule has 0 spiro atoms. The van der Waals surface area contributed by atoms with E-state index in [1.165, 1.54) is 6.08 Å². The van der Waals surface area contributed by atoms with Gasteiger partial charge in [0.05, 0.1) is 6.04 Å². The van der Waals surface area contributed by atoms with E-state index in [0.29, 0.717) is 24.3 Å². The monoisotopic (exact) mass is 242 g/mol. The first-order valence-electron chi connectivity index (χ1n) is 6.05. The second-order valence-electron chi connectivity index (χ2n) is 4.31. The van der Waals surface area contributed by atoms with Gasteiger partial charge in [0, 0.05) is 23.4 Å². The van der Waals surface area contributed by atoms with Crippen molar-refractivity contribution >= 4 is 5.71 Å². The first kappa shape index (κ1) is 13.9. The predicted octanol–water partition coefficient (Wildman–Crippen LogP) is 3.44. The van der Waals surface area contributed by atoms with Crippen LogP contribution in [0.5, 0.6) is 0 Å².